The van der Waals surface area contributed by atoms with Crippen LogP contribution in [-0.2, 0) is 16.1 Å². The average molecular weight is 418 g/mol. The van der Waals surface area contributed by atoms with Crippen LogP contribution in [0.25, 0.3) is 10.9 Å². The first-order valence-electron chi connectivity index (χ1n) is 10.8. The Kier molecular flexibility index (Phi) is 6.16. The fourth-order valence-electron chi connectivity index (χ4n) is 4.16. The molecule has 4 rings (SSSR count). The summed E-state index contributed by atoms with van der Waals surface area (Å²) in [6, 6.07) is 16.5. The molecule has 0 atom stereocenters. The van der Waals surface area contributed by atoms with E-state index in [2.05, 4.69) is 0 Å². The molecule has 31 heavy (non-hydrogen) atoms. The van der Waals surface area contributed by atoms with E-state index in [0.717, 1.165) is 44.3 Å². The zero-order valence-corrected chi connectivity index (χ0v) is 17.8. The molecule has 0 aliphatic carbocycles. The minimum atomic E-state index is -0.604. The first kappa shape index (κ1) is 20.8. The van der Waals surface area contributed by atoms with E-state index in [1.807, 2.05) is 47.4 Å². The van der Waals surface area contributed by atoms with E-state index >= 15 is 0 Å². The number of ketones is 1. The number of carbonyl (C=O) groups excluding carboxylic acids is 3. The van der Waals surface area contributed by atoms with Crippen LogP contribution in [0.3, 0.4) is 0 Å². The molecule has 0 spiro atoms. The second-order valence-corrected chi connectivity index (χ2v) is 8.01. The first-order chi connectivity index (χ1) is 15.1. The molecule has 1 fully saturated rings. The number of hydrogen-bond donors (Lipinski definition) is 0. The van der Waals surface area contributed by atoms with Crippen molar-refractivity contribution in [2.45, 2.75) is 32.2 Å². The Balaban J connectivity index is 1.61. The quantitative estimate of drug-likeness (QED) is 0.467. The van der Waals surface area contributed by atoms with Crippen LogP contribution in [0.2, 0.25) is 0 Å². The lowest BCUT2D eigenvalue weighted by Gasteiger charge is -2.20. The Labute approximate surface area is 182 Å². The van der Waals surface area contributed by atoms with Gasteiger partial charge in [0.1, 0.15) is 6.54 Å². The molecule has 160 valence electrons. The number of aromatic nitrogens is 1. The minimum Gasteiger partial charge on any atom is -0.341 e. The number of nitrogens with zero attached hydrogens (tertiary/aromatic N) is 3. The molecule has 0 N–H and O–H groups in total. The number of para-hydroxylation sites is 2. The number of hydrogen-bond acceptors (Lipinski definition) is 3. The van der Waals surface area contributed by atoms with Gasteiger partial charge in [-0.3, -0.25) is 14.4 Å². The number of Topliss-reactive ketones (excluding diaryl/α,β-unsaturated/α-hetero) is 1. The van der Waals surface area contributed by atoms with Crippen LogP contribution in [0.5, 0.6) is 0 Å². The van der Waals surface area contributed by atoms with Gasteiger partial charge in [0.2, 0.25) is 5.91 Å². The molecule has 2 aromatic carbocycles. The molecule has 0 saturated carbocycles. The van der Waals surface area contributed by atoms with E-state index in [-0.39, 0.29) is 12.5 Å². The lowest BCUT2D eigenvalue weighted by atomic mass is 10.1. The van der Waals surface area contributed by atoms with Crippen molar-refractivity contribution in [3.05, 3.63) is 66.4 Å². The average Bonchev–Trinajstić information content (AvgIpc) is 2.97. The summed E-state index contributed by atoms with van der Waals surface area (Å²) in [6.45, 7) is 1.73. The predicted octanol–water partition coefficient (Wildman–Crippen LogP) is 3.89. The van der Waals surface area contributed by atoms with Crippen LogP contribution in [0, 0.1) is 0 Å². The van der Waals surface area contributed by atoms with Gasteiger partial charge in [-0.2, -0.15) is 0 Å². The predicted molar refractivity (Wildman–Crippen MR) is 121 cm³/mol. The van der Waals surface area contributed by atoms with Gasteiger partial charge in [-0.1, -0.05) is 49.2 Å². The molecule has 1 aliphatic rings. The zero-order valence-electron chi connectivity index (χ0n) is 17.8. The molecule has 0 unspecified atom stereocenters. The van der Waals surface area contributed by atoms with Crippen LogP contribution in [-0.4, -0.2) is 47.2 Å². The molecule has 3 aromatic rings. The number of amides is 2. The molecule has 6 nitrogen and oxygen atoms in total. The standard InChI is InChI=1S/C25H27N3O3/c1-26(19-11-5-4-6-12-19)25(31)24(30)21-17-28(22-14-8-7-13-20(21)22)18-23(29)27-15-9-2-3-10-16-27/h4-8,11-14,17H,2-3,9-10,15-16,18H2,1H3. The molecule has 6 heteroatoms. The van der Waals surface area contributed by atoms with Crippen LogP contribution < -0.4 is 4.90 Å². The monoisotopic (exact) mass is 417 g/mol. The van der Waals surface area contributed by atoms with E-state index in [1.54, 1.807) is 29.9 Å². The maximum atomic E-state index is 13.1. The fraction of sp³-hybridized carbons (Fsp3) is 0.320. The second kappa shape index (κ2) is 9.16. The van der Waals surface area contributed by atoms with Crippen molar-refractivity contribution in [3.63, 3.8) is 0 Å². The van der Waals surface area contributed by atoms with Crippen LogP contribution >= 0.6 is 0 Å². The van der Waals surface area contributed by atoms with Gasteiger partial charge in [-0.25, -0.2) is 0 Å². The summed E-state index contributed by atoms with van der Waals surface area (Å²) in [5.74, 6) is -1.13. The van der Waals surface area contributed by atoms with Gasteiger partial charge in [0.15, 0.2) is 0 Å². The van der Waals surface area contributed by atoms with Crippen LogP contribution in [0.15, 0.2) is 60.8 Å². The molecular weight excluding hydrogens is 390 g/mol. The van der Waals surface area contributed by atoms with E-state index in [4.69, 9.17) is 0 Å². The lowest BCUT2D eigenvalue weighted by molar-refractivity contribution is -0.131. The summed E-state index contributed by atoms with van der Waals surface area (Å²) in [4.78, 5) is 42.2. The van der Waals surface area contributed by atoms with Crippen molar-refractivity contribution < 1.29 is 14.4 Å². The summed E-state index contributed by atoms with van der Waals surface area (Å²) in [6.07, 6.45) is 6.03. The number of carbonyl (C=O) groups is 3. The maximum absolute atomic E-state index is 13.1. The Morgan fingerprint density at radius 1 is 0.871 bits per heavy atom. The van der Waals surface area contributed by atoms with Crippen molar-refractivity contribution in [3.8, 4) is 0 Å². The minimum absolute atomic E-state index is 0.0504. The molecule has 2 heterocycles. The van der Waals surface area contributed by atoms with Crippen molar-refractivity contribution in [2.75, 3.05) is 25.0 Å². The first-order valence-corrected chi connectivity index (χ1v) is 10.8. The molecule has 1 aliphatic heterocycles. The number of likely N-dealkylation sites (tertiary alicyclic amines) is 1. The smallest absolute Gasteiger partial charge is 0.299 e. The summed E-state index contributed by atoms with van der Waals surface area (Å²) in [5.41, 5.74) is 1.76. The third kappa shape index (κ3) is 4.38. The van der Waals surface area contributed by atoms with Crippen molar-refractivity contribution >= 4 is 34.2 Å². The van der Waals surface area contributed by atoms with Gasteiger partial charge >= 0.3 is 0 Å². The molecule has 1 aromatic heterocycles. The maximum Gasteiger partial charge on any atom is 0.299 e. The van der Waals surface area contributed by atoms with Crippen LogP contribution in [0.4, 0.5) is 5.69 Å². The van der Waals surface area contributed by atoms with Gasteiger partial charge < -0.3 is 14.4 Å². The second-order valence-electron chi connectivity index (χ2n) is 8.01. The number of rotatable bonds is 5. The van der Waals surface area contributed by atoms with Gasteiger partial charge in [-0.15, -0.1) is 0 Å². The van der Waals surface area contributed by atoms with Crippen molar-refractivity contribution in [1.29, 1.82) is 0 Å². The van der Waals surface area contributed by atoms with Gasteiger partial charge in [0, 0.05) is 42.9 Å². The van der Waals surface area contributed by atoms with E-state index in [0.29, 0.717) is 16.6 Å². The molecular formula is C25H27N3O3. The zero-order chi connectivity index (χ0) is 21.8. The molecule has 0 bridgehead atoms. The fourth-order valence-corrected chi connectivity index (χ4v) is 4.16. The highest BCUT2D eigenvalue weighted by Gasteiger charge is 2.26. The van der Waals surface area contributed by atoms with Crippen molar-refractivity contribution in [2.24, 2.45) is 0 Å². The van der Waals surface area contributed by atoms with E-state index < -0.39 is 11.7 Å². The highest BCUT2D eigenvalue weighted by Crippen LogP contribution is 2.24. The van der Waals surface area contributed by atoms with E-state index in [1.165, 1.54) is 4.90 Å². The van der Waals surface area contributed by atoms with Gasteiger partial charge in [-0.05, 0) is 31.0 Å². The van der Waals surface area contributed by atoms with Gasteiger partial charge in [0.25, 0.3) is 11.7 Å². The number of benzene rings is 2. The Morgan fingerprint density at radius 3 is 2.23 bits per heavy atom. The number of anilines is 1. The lowest BCUT2D eigenvalue weighted by Crippen LogP contribution is -2.34. The highest BCUT2D eigenvalue weighted by atomic mass is 16.2. The summed E-state index contributed by atoms with van der Waals surface area (Å²) < 4.78 is 1.80. The molecule has 1 saturated heterocycles. The SMILES string of the molecule is CN(C(=O)C(=O)c1cn(CC(=O)N2CCCCCC2)c2ccccc12)c1ccccc1. The Bertz CT molecular complexity index is 1100. The normalized spacial score (nSPS) is 14.3. The largest absolute Gasteiger partial charge is 0.341 e. The Hall–Kier alpha value is -3.41. The third-order valence-corrected chi connectivity index (χ3v) is 5.94. The van der Waals surface area contributed by atoms with E-state index in [9.17, 15) is 14.4 Å². The Morgan fingerprint density at radius 2 is 1.52 bits per heavy atom. The third-order valence-electron chi connectivity index (χ3n) is 5.94. The molecule has 0 radical (unpaired) electrons. The van der Waals surface area contributed by atoms with Gasteiger partial charge in [0.05, 0.1) is 5.56 Å². The highest BCUT2D eigenvalue weighted by molar-refractivity contribution is 6.48. The number of fused-ring (bicyclic) bond motifs is 1. The summed E-state index contributed by atoms with van der Waals surface area (Å²) in [7, 11) is 1.59. The number of likely N-dealkylation sites (N-methyl/N-ethyl adjacent to an activating group) is 1. The summed E-state index contributed by atoms with van der Waals surface area (Å²) in [5, 5.41) is 0.686. The van der Waals surface area contributed by atoms with Crippen molar-refractivity contribution in [1.82, 2.24) is 9.47 Å². The summed E-state index contributed by atoms with van der Waals surface area (Å²) >= 11 is 0. The molecule has 2 amide bonds. The topological polar surface area (TPSA) is 62.6 Å². The van der Waals surface area contributed by atoms with Crippen LogP contribution in [0.1, 0.15) is 36.0 Å².